The van der Waals surface area contributed by atoms with Crippen molar-refractivity contribution in [2.24, 2.45) is 4.99 Å². The SMILES string of the molecule is CN=C(NCCCN1CCN(c2ncccn2)CC1)NC(C)CCS(C)(=O)=O. The van der Waals surface area contributed by atoms with E-state index in [0.717, 1.165) is 51.6 Å². The van der Waals surface area contributed by atoms with E-state index < -0.39 is 9.84 Å². The van der Waals surface area contributed by atoms with Gasteiger partial charge in [0.05, 0.1) is 5.75 Å². The molecule has 158 valence electrons. The van der Waals surface area contributed by atoms with E-state index in [1.165, 1.54) is 6.26 Å². The highest BCUT2D eigenvalue weighted by molar-refractivity contribution is 7.90. The summed E-state index contributed by atoms with van der Waals surface area (Å²) in [5, 5.41) is 6.55. The Morgan fingerprint density at radius 2 is 1.93 bits per heavy atom. The van der Waals surface area contributed by atoms with E-state index >= 15 is 0 Å². The standard InChI is InChI=1S/C18H33N7O2S/c1-16(6-15-28(3,26)27)23-17(19-2)20-9-5-10-24-11-13-25(14-12-24)18-21-7-4-8-22-18/h4,7-8,16H,5-6,9-15H2,1-3H3,(H2,19,20,23). The average molecular weight is 412 g/mol. The maximum Gasteiger partial charge on any atom is 0.225 e. The minimum absolute atomic E-state index is 0.0502. The molecule has 1 aliphatic heterocycles. The molecule has 0 spiro atoms. The molecule has 1 unspecified atom stereocenters. The zero-order chi connectivity index (χ0) is 20.4. The van der Waals surface area contributed by atoms with Crippen molar-refractivity contribution in [3.8, 4) is 0 Å². The van der Waals surface area contributed by atoms with Gasteiger partial charge in [0.15, 0.2) is 5.96 Å². The molecule has 0 amide bonds. The minimum atomic E-state index is -2.93. The molecule has 2 rings (SSSR count). The molecule has 0 bridgehead atoms. The Balaban J connectivity index is 1.60. The van der Waals surface area contributed by atoms with Crippen molar-refractivity contribution < 1.29 is 8.42 Å². The molecular weight excluding hydrogens is 378 g/mol. The summed E-state index contributed by atoms with van der Waals surface area (Å²) in [4.78, 5) is 17.5. The molecule has 0 saturated carbocycles. The summed E-state index contributed by atoms with van der Waals surface area (Å²) in [7, 11) is -1.21. The van der Waals surface area contributed by atoms with Gasteiger partial charge >= 0.3 is 0 Å². The van der Waals surface area contributed by atoms with Crippen LogP contribution in [-0.2, 0) is 9.84 Å². The molecule has 9 nitrogen and oxygen atoms in total. The van der Waals surface area contributed by atoms with Crippen molar-refractivity contribution in [2.45, 2.75) is 25.8 Å². The zero-order valence-corrected chi connectivity index (χ0v) is 18.0. The fourth-order valence-electron chi connectivity index (χ4n) is 3.03. The van der Waals surface area contributed by atoms with Crippen LogP contribution in [0.2, 0.25) is 0 Å². The topological polar surface area (TPSA) is 103 Å². The Kier molecular flexibility index (Phi) is 8.91. The molecule has 1 aliphatic rings. The van der Waals surface area contributed by atoms with Crippen molar-refractivity contribution >= 4 is 21.7 Å². The molecule has 2 N–H and O–H groups in total. The first-order chi connectivity index (χ1) is 13.4. The Bertz CT molecular complexity index is 704. The number of piperazine rings is 1. The normalized spacial score (nSPS) is 17.4. The zero-order valence-electron chi connectivity index (χ0n) is 17.1. The predicted octanol–water partition coefficient (Wildman–Crippen LogP) is -0.0231. The van der Waals surface area contributed by atoms with Crippen molar-refractivity contribution in [1.82, 2.24) is 25.5 Å². The highest BCUT2D eigenvalue weighted by Gasteiger charge is 2.18. The van der Waals surface area contributed by atoms with Gasteiger partial charge in [0.1, 0.15) is 9.84 Å². The molecule has 0 aliphatic carbocycles. The van der Waals surface area contributed by atoms with Crippen LogP contribution in [0.3, 0.4) is 0 Å². The van der Waals surface area contributed by atoms with Gasteiger partial charge in [-0.25, -0.2) is 18.4 Å². The van der Waals surface area contributed by atoms with E-state index in [2.05, 4.69) is 35.4 Å². The number of aliphatic imine (C=N–C) groups is 1. The van der Waals surface area contributed by atoms with Crippen molar-refractivity contribution in [2.75, 3.05) is 63.2 Å². The van der Waals surface area contributed by atoms with Gasteiger partial charge in [-0.05, 0) is 32.4 Å². The number of guanidine groups is 1. The summed E-state index contributed by atoms with van der Waals surface area (Å²) in [6, 6.07) is 1.89. The lowest BCUT2D eigenvalue weighted by Crippen LogP contribution is -2.48. The summed E-state index contributed by atoms with van der Waals surface area (Å²) in [6.45, 7) is 7.71. The summed E-state index contributed by atoms with van der Waals surface area (Å²) in [5.41, 5.74) is 0. The van der Waals surface area contributed by atoms with Gasteiger partial charge < -0.3 is 15.5 Å². The van der Waals surface area contributed by atoms with Crippen LogP contribution in [0.5, 0.6) is 0 Å². The van der Waals surface area contributed by atoms with Crippen LogP contribution in [0.25, 0.3) is 0 Å². The monoisotopic (exact) mass is 411 g/mol. The van der Waals surface area contributed by atoms with Crippen LogP contribution in [0.1, 0.15) is 19.8 Å². The van der Waals surface area contributed by atoms with E-state index in [0.29, 0.717) is 12.4 Å². The van der Waals surface area contributed by atoms with Gasteiger partial charge in [-0.15, -0.1) is 0 Å². The maximum absolute atomic E-state index is 11.3. The smallest absolute Gasteiger partial charge is 0.225 e. The lowest BCUT2D eigenvalue weighted by molar-refractivity contribution is 0.254. The van der Waals surface area contributed by atoms with E-state index in [9.17, 15) is 8.42 Å². The predicted molar refractivity (Wildman–Crippen MR) is 114 cm³/mol. The van der Waals surface area contributed by atoms with Crippen LogP contribution in [-0.4, -0.2) is 93.6 Å². The third-order valence-electron chi connectivity index (χ3n) is 4.68. The molecule has 1 aromatic heterocycles. The third kappa shape index (κ3) is 8.39. The van der Waals surface area contributed by atoms with E-state index in [4.69, 9.17) is 0 Å². The first-order valence-corrected chi connectivity index (χ1v) is 11.8. The van der Waals surface area contributed by atoms with Gasteiger partial charge in [0.2, 0.25) is 5.95 Å². The largest absolute Gasteiger partial charge is 0.356 e. The first kappa shape index (κ1) is 22.4. The summed E-state index contributed by atoms with van der Waals surface area (Å²) in [6.07, 6.45) is 6.40. The van der Waals surface area contributed by atoms with Gasteiger partial charge in [-0.2, -0.15) is 0 Å². The number of hydrogen-bond acceptors (Lipinski definition) is 7. The number of aromatic nitrogens is 2. The number of nitrogens with one attached hydrogen (secondary N) is 2. The number of anilines is 1. The van der Waals surface area contributed by atoms with E-state index in [1.54, 1.807) is 19.4 Å². The van der Waals surface area contributed by atoms with Crippen LogP contribution < -0.4 is 15.5 Å². The highest BCUT2D eigenvalue weighted by Crippen LogP contribution is 2.09. The molecule has 10 heteroatoms. The molecule has 1 saturated heterocycles. The number of hydrogen-bond donors (Lipinski definition) is 2. The molecular formula is C18H33N7O2S. The Morgan fingerprint density at radius 3 is 2.54 bits per heavy atom. The Morgan fingerprint density at radius 1 is 1.25 bits per heavy atom. The second kappa shape index (κ2) is 11.2. The molecule has 1 fully saturated rings. The highest BCUT2D eigenvalue weighted by atomic mass is 32.2. The van der Waals surface area contributed by atoms with Gasteiger partial charge in [-0.1, -0.05) is 0 Å². The summed E-state index contributed by atoms with van der Waals surface area (Å²) < 4.78 is 22.5. The van der Waals surface area contributed by atoms with Crippen molar-refractivity contribution in [3.05, 3.63) is 18.5 Å². The van der Waals surface area contributed by atoms with Gasteiger partial charge in [0.25, 0.3) is 0 Å². The number of sulfone groups is 1. The Hall–Kier alpha value is -1.94. The molecule has 28 heavy (non-hydrogen) atoms. The first-order valence-electron chi connectivity index (χ1n) is 9.76. The summed E-state index contributed by atoms with van der Waals surface area (Å²) in [5.74, 6) is 1.70. The molecule has 0 aromatic carbocycles. The molecule has 2 heterocycles. The maximum atomic E-state index is 11.3. The lowest BCUT2D eigenvalue weighted by Gasteiger charge is -2.34. The molecule has 1 atom stereocenters. The summed E-state index contributed by atoms with van der Waals surface area (Å²) >= 11 is 0. The Labute approximate surface area is 168 Å². The van der Waals surface area contributed by atoms with Crippen LogP contribution in [0, 0.1) is 0 Å². The van der Waals surface area contributed by atoms with Crippen molar-refractivity contribution in [1.29, 1.82) is 0 Å². The minimum Gasteiger partial charge on any atom is -0.356 e. The third-order valence-corrected chi connectivity index (χ3v) is 5.66. The second-order valence-electron chi connectivity index (χ2n) is 7.19. The number of nitrogens with zero attached hydrogens (tertiary/aromatic N) is 5. The van der Waals surface area contributed by atoms with E-state index in [1.807, 2.05) is 13.0 Å². The quantitative estimate of drug-likeness (QED) is 0.332. The van der Waals surface area contributed by atoms with Crippen molar-refractivity contribution in [3.63, 3.8) is 0 Å². The van der Waals surface area contributed by atoms with Crippen LogP contribution in [0.15, 0.2) is 23.5 Å². The lowest BCUT2D eigenvalue weighted by atomic mass is 10.2. The number of rotatable bonds is 9. The van der Waals surface area contributed by atoms with Gasteiger partial charge in [0, 0.05) is 64.5 Å². The molecule has 1 aromatic rings. The van der Waals surface area contributed by atoms with Crippen LogP contribution >= 0.6 is 0 Å². The fraction of sp³-hybridized carbons (Fsp3) is 0.722. The fourth-order valence-corrected chi connectivity index (χ4v) is 3.81. The van der Waals surface area contributed by atoms with E-state index in [-0.39, 0.29) is 11.8 Å². The van der Waals surface area contributed by atoms with Gasteiger partial charge in [-0.3, -0.25) is 9.89 Å². The second-order valence-corrected chi connectivity index (χ2v) is 9.45. The van der Waals surface area contributed by atoms with Crippen LogP contribution in [0.4, 0.5) is 5.95 Å². The molecule has 0 radical (unpaired) electrons. The average Bonchev–Trinajstić information content (AvgIpc) is 2.69.